The Morgan fingerprint density at radius 1 is 1.53 bits per heavy atom. The molecule has 100 valence electrons. The molecule has 0 fully saturated rings. The number of halogens is 1. The summed E-state index contributed by atoms with van der Waals surface area (Å²) >= 11 is 4.83. The smallest absolute Gasteiger partial charge is 0.357 e. The first-order valence-corrected chi connectivity index (χ1v) is 7.33. The monoisotopic (exact) mass is 340 g/mol. The van der Waals surface area contributed by atoms with Gasteiger partial charge in [-0.25, -0.2) is 9.78 Å². The second-order valence-corrected chi connectivity index (χ2v) is 5.72. The molecule has 0 aliphatic heterocycles. The topological polar surface area (TPSA) is 51.2 Å². The van der Waals surface area contributed by atoms with Crippen molar-refractivity contribution in [2.75, 3.05) is 12.4 Å². The molecule has 1 N–H and O–H groups in total. The minimum Gasteiger partial charge on any atom is -0.464 e. The fourth-order valence-corrected chi connectivity index (χ4v) is 2.77. The maximum Gasteiger partial charge on any atom is 0.357 e. The largest absolute Gasteiger partial charge is 0.464 e. The van der Waals surface area contributed by atoms with E-state index in [9.17, 15) is 4.79 Å². The van der Waals surface area contributed by atoms with Gasteiger partial charge >= 0.3 is 5.97 Å². The molecule has 4 nitrogen and oxygen atoms in total. The lowest BCUT2D eigenvalue weighted by Gasteiger charge is -2.13. The Kier molecular flexibility index (Phi) is 4.55. The normalized spacial score (nSPS) is 11.9. The number of carbonyl (C=O) groups excluding carboxylic acids is 1. The molecule has 1 atom stereocenters. The summed E-state index contributed by atoms with van der Waals surface area (Å²) in [5.41, 5.74) is 1.47. The van der Waals surface area contributed by atoms with Crippen LogP contribution in [0, 0.1) is 0 Å². The third-order valence-corrected chi connectivity index (χ3v) is 3.85. The zero-order valence-electron chi connectivity index (χ0n) is 10.5. The molecule has 19 heavy (non-hydrogen) atoms. The van der Waals surface area contributed by atoms with Crippen LogP contribution in [0.3, 0.4) is 0 Å². The summed E-state index contributed by atoms with van der Waals surface area (Å²) in [4.78, 5) is 15.5. The zero-order chi connectivity index (χ0) is 13.8. The first kappa shape index (κ1) is 14.0. The van der Waals surface area contributed by atoms with Crippen molar-refractivity contribution in [2.45, 2.75) is 13.0 Å². The van der Waals surface area contributed by atoms with Gasteiger partial charge in [0, 0.05) is 9.85 Å². The van der Waals surface area contributed by atoms with E-state index in [1.54, 1.807) is 5.38 Å². The number of carbonyl (C=O) groups is 1. The molecule has 0 saturated heterocycles. The lowest BCUT2D eigenvalue weighted by molar-refractivity contribution is 0.0595. The number of ether oxygens (including phenoxy) is 1. The highest BCUT2D eigenvalue weighted by Crippen LogP contribution is 2.24. The number of nitrogens with one attached hydrogen (secondary N) is 1. The molecule has 0 saturated carbocycles. The van der Waals surface area contributed by atoms with Crippen LogP contribution in [0.4, 0.5) is 5.13 Å². The molecule has 2 aromatic rings. The van der Waals surface area contributed by atoms with Gasteiger partial charge in [0.15, 0.2) is 10.8 Å². The third kappa shape index (κ3) is 3.54. The molecule has 0 amide bonds. The van der Waals surface area contributed by atoms with Crippen LogP contribution in [0.15, 0.2) is 34.1 Å². The average Bonchev–Trinajstić information content (AvgIpc) is 2.86. The van der Waals surface area contributed by atoms with Crippen LogP contribution in [0.5, 0.6) is 0 Å². The Labute approximate surface area is 124 Å². The molecule has 2 rings (SSSR count). The first-order valence-electron chi connectivity index (χ1n) is 5.66. The number of anilines is 1. The highest BCUT2D eigenvalue weighted by atomic mass is 79.9. The lowest BCUT2D eigenvalue weighted by Crippen LogP contribution is -2.07. The molecule has 1 aromatic heterocycles. The molecule has 1 heterocycles. The summed E-state index contributed by atoms with van der Waals surface area (Å²) in [6.07, 6.45) is 0. The van der Waals surface area contributed by atoms with Crippen molar-refractivity contribution in [3.63, 3.8) is 0 Å². The van der Waals surface area contributed by atoms with Crippen LogP contribution in [-0.2, 0) is 4.74 Å². The Bertz CT molecular complexity index is 586. The minimum atomic E-state index is -0.417. The van der Waals surface area contributed by atoms with Crippen LogP contribution in [-0.4, -0.2) is 18.1 Å². The van der Waals surface area contributed by atoms with E-state index in [0.29, 0.717) is 10.8 Å². The molecule has 0 aliphatic carbocycles. The Hall–Kier alpha value is -1.40. The molecule has 0 aliphatic rings. The predicted molar refractivity (Wildman–Crippen MR) is 79.6 cm³/mol. The molecular formula is C13H13BrN2O2S. The van der Waals surface area contributed by atoms with E-state index in [4.69, 9.17) is 0 Å². The van der Waals surface area contributed by atoms with Gasteiger partial charge in [-0.3, -0.25) is 0 Å². The summed E-state index contributed by atoms with van der Waals surface area (Å²) in [7, 11) is 1.35. The third-order valence-electron chi connectivity index (χ3n) is 2.59. The minimum absolute atomic E-state index is 0.106. The second-order valence-electron chi connectivity index (χ2n) is 3.95. The average molecular weight is 341 g/mol. The van der Waals surface area contributed by atoms with Gasteiger partial charge < -0.3 is 10.1 Å². The maximum absolute atomic E-state index is 11.3. The first-order chi connectivity index (χ1) is 9.10. The SMILES string of the molecule is COC(=O)c1csc(NC(C)c2cccc(Br)c2)n1. The summed E-state index contributed by atoms with van der Waals surface area (Å²) in [6.45, 7) is 2.04. The number of benzene rings is 1. The molecule has 0 spiro atoms. The van der Waals surface area contributed by atoms with E-state index in [2.05, 4.69) is 31.0 Å². The number of thiazole rings is 1. The Balaban J connectivity index is 2.08. The van der Waals surface area contributed by atoms with Crippen molar-refractivity contribution in [1.29, 1.82) is 0 Å². The highest BCUT2D eigenvalue weighted by molar-refractivity contribution is 9.10. The van der Waals surface area contributed by atoms with Crippen LogP contribution < -0.4 is 5.32 Å². The van der Waals surface area contributed by atoms with Gasteiger partial charge in [-0.2, -0.15) is 0 Å². The summed E-state index contributed by atoms with van der Waals surface area (Å²) in [6, 6.07) is 8.16. The van der Waals surface area contributed by atoms with E-state index < -0.39 is 5.97 Å². The van der Waals surface area contributed by atoms with Gasteiger partial charge in [0.25, 0.3) is 0 Å². The van der Waals surface area contributed by atoms with Crippen LogP contribution in [0.25, 0.3) is 0 Å². The number of rotatable bonds is 4. The van der Waals surface area contributed by atoms with E-state index in [1.807, 2.05) is 31.2 Å². The van der Waals surface area contributed by atoms with Crippen molar-refractivity contribution in [1.82, 2.24) is 4.98 Å². The van der Waals surface area contributed by atoms with Crippen molar-refractivity contribution in [3.05, 3.63) is 45.4 Å². The van der Waals surface area contributed by atoms with Crippen molar-refractivity contribution < 1.29 is 9.53 Å². The van der Waals surface area contributed by atoms with E-state index in [-0.39, 0.29) is 6.04 Å². The van der Waals surface area contributed by atoms with Gasteiger partial charge in [-0.15, -0.1) is 11.3 Å². The molecule has 0 radical (unpaired) electrons. The summed E-state index contributed by atoms with van der Waals surface area (Å²) in [5, 5.41) is 5.65. The predicted octanol–water partition coefficient (Wildman–Crippen LogP) is 3.87. The summed E-state index contributed by atoms with van der Waals surface area (Å²) in [5.74, 6) is -0.417. The molecular weight excluding hydrogens is 328 g/mol. The van der Waals surface area contributed by atoms with Gasteiger partial charge in [0.05, 0.1) is 13.2 Å². The number of hydrogen-bond donors (Lipinski definition) is 1. The van der Waals surface area contributed by atoms with Crippen LogP contribution >= 0.6 is 27.3 Å². The van der Waals surface area contributed by atoms with Crippen molar-refractivity contribution >= 4 is 38.4 Å². The standard InChI is InChI=1S/C13H13BrN2O2S/c1-8(9-4-3-5-10(14)6-9)15-13-16-11(7-19-13)12(17)18-2/h3-8H,1-2H3,(H,15,16). The molecule has 6 heteroatoms. The number of aromatic nitrogens is 1. The van der Waals surface area contributed by atoms with E-state index in [1.165, 1.54) is 18.4 Å². The molecule has 0 bridgehead atoms. The Morgan fingerprint density at radius 2 is 2.32 bits per heavy atom. The molecule has 1 aromatic carbocycles. The fraction of sp³-hybridized carbons (Fsp3) is 0.231. The quantitative estimate of drug-likeness (QED) is 0.858. The highest BCUT2D eigenvalue weighted by Gasteiger charge is 2.12. The van der Waals surface area contributed by atoms with Crippen molar-refractivity contribution in [2.24, 2.45) is 0 Å². The second kappa shape index (κ2) is 6.16. The molecule has 1 unspecified atom stereocenters. The van der Waals surface area contributed by atoms with Gasteiger partial charge in [0.1, 0.15) is 0 Å². The number of methoxy groups -OCH3 is 1. The zero-order valence-corrected chi connectivity index (χ0v) is 12.9. The van der Waals surface area contributed by atoms with Crippen LogP contribution in [0.2, 0.25) is 0 Å². The maximum atomic E-state index is 11.3. The number of nitrogens with zero attached hydrogens (tertiary/aromatic N) is 1. The van der Waals surface area contributed by atoms with Gasteiger partial charge in [-0.05, 0) is 24.6 Å². The Morgan fingerprint density at radius 3 is 3.00 bits per heavy atom. The van der Waals surface area contributed by atoms with Crippen LogP contribution in [0.1, 0.15) is 29.0 Å². The number of esters is 1. The summed E-state index contributed by atoms with van der Waals surface area (Å²) < 4.78 is 5.66. The van der Waals surface area contributed by atoms with Gasteiger partial charge in [0.2, 0.25) is 0 Å². The van der Waals surface area contributed by atoms with E-state index in [0.717, 1.165) is 10.0 Å². The van der Waals surface area contributed by atoms with Crippen molar-refractivity contribution in [3.8, 4) is 0 Å². The van der Waals surface area contributed by atoms with E-state index >= 15 is 0 Å². The fourth-order valence-electron chi connectivity index (χ4n) is 1.58. The number of hydrogen-bond acceptors (Lipinski definition) is 5. The van der Waals surface area contributed by atoms with Gasteiger partial charge in [-0.1, -0.05) is 28.1 Å². The lowest BCUT2D eigenvalue weighted by atomic mass is 10.1.